The summed E-state index contributed by atoms with van der Waals surface area (Å²) in [6, 6.07) is 5.48. The minimum Gasteiger partial charge on any atom is -0.396 e. The number of benzene rings is 1. The number of halogens is 1. The molecular formula is C13H14FN3O2S. The zero-order chi connectivity index (χ0) is 14.9. The van der Waals surface area contributed by atoms with Gasteiger partial charge >= 0.3 is 0 Å². The van der Waals surface area contributed by atoms with Crippen molar-refractivity contribution in [3.63, 3.8) is 0 Å². The summed E-state index contributed by atoms with van der Waals surface area (Å²) < 4.78 is 40.2. The first kappa shape index (κ1) is 14.3. The second kappa shape index (κ2) is 5.09. The zero-order valence-corrected chi connectivity index (χ0v) is 11.8. The number of sulfonamides is 1. The van der Waals surface area contributed by atoms with Crippen molar-refractivity contribution in [2.24, 2.45) is 0 Å². The highest BCUT2D eigenvalue weighted by Crippen LogP contribution is 2.23. The second-order valence-corrected chi connectivity index (χ2v) is 6.08. The zero-order valence-electron chi connectivity index (χ0n) is 11.0. The van der Waals surface area contributed by atoms with Crippen LogP contribution < -0.4 is 10.5 Å². The third kappa shape index (κ3) is 2.88. The Labute approximate surface area is 116 Å². The van der Waals surface area contributed by atoms with Gasteiger partial charge in [0, 0.05) is 5.69 Å². The molecule has 0 aliphatic rings. The number of anilines is 2. The summed E-state index contributed by atoms with van der Waals surface area (Å²) in [7, 11) is -3.83. The lowest BCUT2D eigenvalue weighted by Crippen LogP contribution is -2.15. The normalized spacial score (nSPS) is 11.3. The van der Waals surface area contributed by atoms with Gasteiger partial charge in [-0.25, -0.2) is 12.8 Å². The maximum atomic E-state index is 13.3. The number of hydrogen-bond acceptors (Lipinski definition) is 4. The average Bonchev–Trinajstić information content (AvgIpc) is 2.36. The van der Waals surface area contributed by atoms with E-state index in [4.69, 9.17) is 5.73 Å². The molecule has 0 atom stereocenters. The largest absolute Gasteiger partial charge is 0.396 e. The highest BCUT2D eigenvalue weighted by molar-refractivity contribution is 7.92. The molecule has 0 spiro atoms. The van der Waals surface area contributed by atoms with Gasteiger partial charge in [-0.1, -0.05) is 0 Å². The predicted molar refractivity (Wildman–Crippen MR) is 75.3 cm³/mol. The fourth-order valence-electron chi connectivity index (χ4n) is 1.70. The van der Waals surface area contributed by atoms with Crippen LogP contribution in [0.15, 0.2) is 35.4 Å². The Hall–Kier alpha value is -2.15. The Bertz CT molecular complexity index is 743. The van der Waals surface area contributed by atoms with Gasteiger partial charge in [0.2, 0.25) is 0 Å². The summed E-state index contributed by atoms with van der Waals surface area (Å²) >= 11 is 0. The van der Waals surface area contributed by atoms with E-state index in [1.54, 1.807) is 19.1 Å². The summed E-state index contributed by atoms with van der Waals surface area (Å²) in [6.45, 7) is 3.30. The van der Waals surface area contributed by atoms with E-state index >= 15 is 0 Å². The molecule has 1 aromatic heterocycles. The van der Waals surface area contributed by atoms with E-state index in [1.807, 2.05) is 0 Å². The fourth-order valence-corrected chi connectivity index (χ4v) is 3.00. The van der Waals surface area contributed by atoms with E-state index < -0.39 is 15.8 Å². The molecule has 2 aromatic rings. The molecule has 0 fully saturated rings. The van der Waals surface area contributed by atoms with Gasteiger partial charge < -0.3 is 5.73 Å². The van der Waals surface area contributed by atoms with Crippen molar-refractivity contribution < 1.29 is 12.8 Å². The van der Waals surface area contributed by atoms with Gasteiger partial charge in [-0.3, -0.25) is 9.71 Å². The molecule has 2 rings (SSSR count). The van der Waals surface area contributed by atoms with Gasteiger partial charge in [0.25, 0.3) is 10.0 Å². The first-order valence-electron chi connectivity index (χ1n) is 5.81. The molecule has 7 heteroatoms. The topological polar surface area (TPSA) is 85.1 Å². The molecule has 0 aliphatic heterocycles. The highest BCUT2D eigenvalue weighted by Gasteiger charge is 2.19. The van der Waals surface area contributed by atoms with Gasteiger partial charge in [0.05, 0.1) is 22.5 Å². The Kier molecular flexibility index (Phi) is 3.63. The van der Waals surface area contributed by atoms with E-state index in [1.165, 1.54) is 13.1 Å². The van der Waals surface area contributed by atoms with Crippen LogP contribution in [0.3, 0.4) is 0 Å². The maximum Gasteiger partial charge on any atom is 0.262 e. The lowest BCUT2D eigenvalue weighted by Gasteiger charge is -2.11. The molecular weight excluding hydrogens is 281 g/mol. The van der Waals surface area contributed by atoms with Gasteiger partial charge in [-0.2, -0.15) is 0 Å². The van der Waals surface area contributed by atoms with Crippen molar-refractivity contribution in [1.82, 2.24) is 4.98 Å². The van der Waals surface area contributed by atoms with Gasteiger partial charge in [-0.05, 0) is 43.7 Å². The van der Waals surface area contributed by atoms with Crippen molar-refractivity contribution >= 4 is 21.4 Å². The monoisotopic (exact) mass is 295 g/mol. The number of nitrogens with two attached hydrogens (primary N) is 1. The van der Waals surface area contributed by atoms with E-state index in [-0.39, 0.29) is 16.1 Å². The van der Waals surface area contributed by atoms with Crippen molar-refractivity contribution in [2.75, 3.05) is 10.5 Å². The van der Waals surface area contributed by atoms with Crippen LogP contribution in [0, 0.1) is 19.7 Å². The molecule has 0 saturated carbocycles. The van der Waals surface area contributed by atoms with Gasteiger partial charge in [0.15, 0.2) is 0 Å². The van der Waals surface area contributed by atoms with Crippen LogP contribution in [0.5, 0.6) is 0 Å². The molecule has 5 nitrogen and oxygen atoms in total. The Balaban J connectivity index is 2.40. The summed E-state index contributed by atoms with van der Waals surface area (Å²) in [6.07, 6.45) is 1.41. The third-order valence-electron chi connectivity index (χ3n) is 2.75. The van der Waals surface area contributed by atoms with Crippen molar-refractivity contribution in [1.29, 1.82) is 0 Å². The minimum atomic E-state index is -3.83. The number of aromatic nitrogens is 1. The standard InChI is InChI=1S/C13H14FN3O2S/c1-8-5-11(14)12(15)6-13(8)20(18,19)17-10-4-3-9(2)16-7-10/h3-7,17H,15H2,1-2H3. The number of nitrogens with one attached hydrogen (secondary N) is 1. The number of pyridine rings is 1. The highest BCUT2D eigenvalue weighted by atomic mass is 32.2. The first-order chi connectivity index (χ1) is 9.29. The minimum absolute atomic E-state index is 0.0584. The quantitative estimate of drug-likeness (QED) is 0.850. The van der Waals surface area contributed by atoms with Crippen molar-refractivity contribution in [2.45, 2.75) is 18.7 Å². The average molecular weight is 295 g/mol. The summed E-state index contributed by atoms with van der Waals surface area (Å²) in [5.74, 6) is -0.640. The lowest BCUT2D eigenvalue weighted by molar-refractivity contribution is 0.599. The predicted octanol–water partition coefficient (Wildman–Crippen LogP) is 2.22. The summed E-state index contributed by atoms with van der Waals surface area (Å²) in [4.78, 5) is 3.94. The van der Waals surface area contributed by atoms with Crippen LogP contribution in [0.4, 0.5) is 15.8 Å². The summed E-state index contributed by atoms with van der Waals surface area (Å²) in [5.41, 5.74) is 6.60. The molecule has 106 valence electrons. The Morgan fingerprint density at radius 3 is 2.55 bits per heavy atom. The van der Waals surface area contributed by atoms with Crippen LogP contribution in [-0.2, 0) is 10.0 Å². The molecule has 0 aliphatic carbocycles. The molecule has 0 amide bonds. The maximum absolute atomic E-state index is 13.3. The SMILES string of the molecule is Cc1ccc(NS(=O)(=O)c2cc(N)c(F)cc2C)cn1. The molecule has 0 saturated heterocycles. The van der Waals surface area contributed by atoms with E-state index in [9.17, 15) is 12.8 Å². The van der Waals surface area contributed by atoms with Gasteiger partial charge in [0.1, 0.15) is 5.82 Å². The third-order valence-corrected chi connectivity index (χ3v) is 4.27. The second-order valence-electron chi connectivity index (χ2n) is 4.43. The van der Waals surface area contributed by atoms with E-state index in [2.05, 4.69) is 9.71 Å². The van der Waals surface area contributed by atoms with Crippen LogP contribution >= 0.6 is 0 Å². The van der Waals surface area contributed by atoms with E-state index in [0.717, 1.165) is 17.8 Å². The number of hydrogen-bond donors (Lipinski definition) is 2. The molecule has 1 aromatic carbocycles. The number of nitrogen functional groups attached to an aromatic ring is 1. The van der Waals surface area contributed by atoms with Crippen LogP contribution in [0.1, 0.15) is 11.3 Å². The molecule has 0 radical (unpaired) electrons. The lowest BCUT2D eigenvalue weighted by atomic mass is 10.2. The summed E-state index contributed by atoms with van der Waals surface area (Å²) in [5, 5.41) is 0. The van der Waals surface area contributed by atoms with Crippen LogP contribution in [-0.4, -0.2) is 13.4 Å². The number of rotatable bonds is 3. The first-order valence-corrected chi connectivity index (χ1v) is 7.29. The van der Waals surface area contributed by atoms with Crippen LogP contribution in [0.25, 0.3) is 0 Å². The molecule has 0 unspecified atom stereocenters. The molecule has 3 N–H and O–H groups in total. The molecule has 1 heterocycles. The fraction of sp³-hybridized carbons (Fsp3) is 0.154. The number of nitrogens with zero attached hydrogens (tertiary/aromatic N) is 1. The number of aryl methyl sites for hydroxylation is 2. The molecule has 0 bridgehead atoms. The van der Waals surface area contributed by atoms with Gasteiger partial charge in [-0.15, -0.1) is 0 Å². The molecule has 20 heavy (non-hydrogen) atoms. The van der Waals surface area contributed by atoms with Crippen molar-refractivity contribution in [3.05, 3.63) is 47.5 Å². The Morgan fingerprint density at radius 1 is 1.25 bits per heavy atom. The smallest absolute Gasteiger partial charge is 0.262 e. The van der Waals surface area contributed by atoms with E-state index in [0.29, 0.717) is 5.69 Å². The Morgan fingerprint density at radius 2 is 1.95 bits per heavy atom. The van der Waals surface area contributed by atoms with Crippen molar-refractivity contribution in [3.8, 4) is 0 Å². The van der Waals surface area contributed by atoms with Crippen LogP contribution in [0.2, 0.25) is 0 Å².